The van der Waals surface area contributed by atoms with Gasteiger partial charge in [0.1, 0.15) is 0 Å². The Morgan fingerprint density at radius 3 is 2.61 bits per heavy atom. The SMILES string of the molecule is CN(CCC(=O)O)S(=O)(=O)Nc1ccccc1Cl. The van der Waals surface area contributed by atoms with Gasteiger partial charge in [-0.15, -0.1) is 0 Å². The third kappa shape index (κ3) is 4.17. The highest BCUT2D eigenvalue weighted by Crippen LogP contribution is 2.22. The minimum Gasteiger partial charge on any atom is -0.481 e. The zero-order chi connectivity index (χ0) is 13.8. The number of aliphatic carboxylic acids is 1. The summed E-state index contributed by atoms with van der Waals surface area (Å²) in [5, 5.41) is 8.77. The van der Waals surface area contributed by atoms with E-state index in [1.165, 1.54) is 13.1 Å². The number of carbonyl (C=O) groups is 1. The van der Waals surface area contributed by atoms with Gasteiger partial charge in [0.05, 0.1) is 17.1 Å². The fraction of sp³-hybridized carbons (Fsp3) is 0.300. The second-order valence-corrected chi connectivity index (χ2v) is 5.74. The normalized spacial score (nSPS) is 11.5. The van der Waals surface area contributed by atoms with Crippen molar-refractivity contribution >= 4 is 33.5 Å². The number of hydrogen-bond acceptors (Lipinski definition) is 3. The number of rotatable bonds is 6. The number of para-hydroxylation sites is 1. The summed E-state index contributed by atoms with van der Waals surface area (Å²) in [4.78, 5) is 10.4. The van der Waals surface area contributed by atoms with Gasteiger partial charge in [0.2, 0.25) is 0 Å². The zero-order valence-electron chi connectivity index (χ0n) is 9.63. The summed E-state index contributed by atoms with van der Waals surface area (Å²) in [5.74, 6) is -1.06. The molecule has 1 aromatic carbocycles. The molecule has 0 aromatic heterocycles. The number of anilines is 1. The molecule has 18 heavy (non-hydrogen) atoms. The summed E-state index contributed by atoms with van der Waals surface area (Å²) in [6, 6.07) is 6.39. The molecule has 8 heteroatoms. The predicted molar refractivity (Wildman–Crippen MR) is 68.9 cm³/mol. The topological polar surface area (TPSA) is 86.7 Å². The van der Waals surface area contributed by atoms with Crippen molar-refractivity contribution in [3.8, 4) is 0 Å². The van der Waals surface area contributed by atoms with Crippen LogP contribution in [0.15, 0.2) is 24.3 Å². The van der Waals surface area contributed by atoms with E-state index >= 15 is 0 Å². The molecule has 2 N–H and O–H groups in total. The van der Waals surface area contributed by atoms with Crippen LogP contribution in [0.5, 0.6) is 0 Å². The van der Waals surface area contributed by atoms with Crippen LogP contribution in [0.2, 0.25) is 5.02 Å². The van der Waals surface area contributed by atoms with Crippen LogP contribution in [0.1, 0.15) is 6.42 Å². The van der Waals surface area contributed by atoms with Gasteiger partial charge in [0, 0.05) is 13.6 Å². The molecule has 0 radical (unpaired) electrons. The first kappa shape index (κ1) is 14.7. The molecule has 100 valence electrons. The molecule has 0 atom stereocenters. The van der Waals surface area contributed by atoms with Gasteiger partial charge < -0.3 is 5.11 Å². The highest BCUT2D eigenvalue weighted by atomic mass is 35.5. The van der Waals surface area contributed by atoms with Gasteiger partial charge in [0.25, 0.3) is 0 Å². The van der Waals surface area contributed by atoms with E-state index in [0.717, 1.165) is 4.31 Å². The second-order valence-electron chi connectivity index (χ2n) is 3.55. The van der Waals surface area contributed by atoms with Crippen LogP contribution in [0.25, 0.3) is 0 Å². The molecular formula is C10H13ClN2O4S. The molecule has 6 nitrogen and oxygen atoms in total. The average Bonchev–Trinajstić information content (AvgIpc) is 2.28. The van der Waals surface area contributed by atoms with Gasteiger partial charge in [-0.2, -0.15) is 12.7 Å². The summed E-state index contributed by atoms with van der Waals surface area (Å²) in [6.07, 6.45) is -0.264. The third-order valence-electron chi connectivity index (χ3n) is 2.16. The Morgan fingerprint density at radius 2 is 2.06 bits per heavy atom. The van der Waals surface area contributed by atoms with E-state index in [2.05, 4.69) is 4.72 Å². The van der Waals surface area contributed by atoms with Crippen molar-refractivity contribution in [2.24, 2.45) is 0 Å². The number of carboxylic acids is 1. The molecule has 0 spiro atoms. The lowest BCUT2D eigenvalue weighted by Crippen LogP contribution is -2.34. The van der Waals surface area contributed by atoms with Crippen LogP contribution in [0.3, 0.4) is 0 Å². The highest BCUT2D eigenvalue weighted by Gasteiger charge is 2.19. The molecule has 0 heterocycles. The van der Waals surface area contributed by atoms with Crippen LogP contribution in [-0.2, 0) is 15.0 Å². The number of halogens is 1. The maximum Gasteiger partial charge on any atom is 0.304 e. The van der Waals surface area contributed by atoms with Crippen molar-refractivity contribution < 1.29 is 18.3 Å². The van der Waals surface area contributed by atoms with Gasteiger partial charge in [-0.25, -0.2) is 0 Å². The fourth-order valence-corrected chi connectivity index (χ4v) is 2.32. The summed E-state index contributed by atoms with van der Waals surface area (Å²) in [7, 11) is -2.50. The van der Waals surface area contributed by atoms with Crippen molar-refractivity contribution in [3.05, 3.63) is 29.3 Å². The maximum atomic E-state index is 11.8. The maximum absolute atomic E-state index is 11.8. The quantitative estimate of drug-likeness (QED) is 0.830. The first-order valence-corrected chi connectivity index (χ1v) is 6.85. The van der Waals surface area contributed by atoms with E-state index in [1.54, 1.807) is 18.2 Å². The van der Waals surface area contributed by atoms with Crippen LogP contribution in [0.4, 0.5) is 5.69 Å². The van der Waals surface area contributed by atoms with Gasteiger partial charge in [-0.3, -0.25) is 9.52 Å². The molecule has 1 aromatic rings. The number of nitrogens with zero attached hydrogens (tertiary/aromatic N) is 1. The lowest BCUT2D eigenvalue weighted by molar-refractivity contribution is -0.137. The second kappa shape index (κ2) is 6.03. The molecule has 1 rings (SSSR count). The van der Waals surface area contributed by atoms with Gasteiger partial charge >= 0.3 is 16.2 Å². The number of hydrogen-bond donors (Lipinski definition) is 2. The number of carboxylic acid groups (broad SMARTS) is 1. The minimum atomic E-state index is -3.80. The third-order valence-corrected chi connectivity index (χ3v) is 3.97. The van der Waals surface area contributed by atoms with Crippen LogP contribution >= 0.6 is 11.6 Å². The van der Waals surface area contributed by atoms with Crippen LogP contribution in [-0.4, -0.2) is 37.4 Å². The average molecular weight is 293 g/mol. The van der Waals surface area contributed by atoms with Crippen LogP contribution < -0.4 is 4.72 Å². The molecular weight excluding hydrogens is 280 g/mol. The molecule has 0 saturated heterocycles. The Balaban J connectivity index is 2.76. The largest absolute Gasteiger partial charge is 0.481 e. The highest BCUT2D eigenvalue weighted by molar-refractivity contribution is 7.90. The zero-order valence-corrected chi connectivity index (χ0v) is 11.2. The smallest absolute Gasteiger partial charge is 0.304 e. The van der Waals surface area contributed by atoms with E-state index in [1.807, 2.05) is 0 Å². The van der Waals surface area contributed by atoms with Crippen molar-refractivity contribution in [1.82, 2.24) is 4.31 Å². The van der Waals surface area contributed by atoms with Gasteiger partial charge in [0.15, 0.2) is 0 Å². The Labute approximate surface area is 110 Å². The molecule has 0 aliphatic carbocycles. The summed E-state index contributed by atoms with van der Waals surface area (Å²) in [5.41, 5.74) is 0.251. The van der Waals surface area contributed by atoms with Gasteiger partial charge in [-0.1, -0.05) is 23.7 Å². The Kier molecular flexibility index (Phi) is 4.94. The van der Waals surface area contributed by atoms with E-state index in [9.17, 15) is 13.2 Å². The number of nitrogens with one attached hydrogen (secondary N) is 1. The van der Waals surface area contributed by atoms with Crippen LogP contribution in [0, 0.1) is 0 Å². The molecule has 0 fully saturated rings. The fourth-order valence-electron chi connectivity index (χ4n) is 1.13. The van der Waals surface area contributed by atoms with Crippen molar-refractivity contribution in [2.75, 3.05) is 18.3 Å². The van der Waals surface area contributed by atoms with Crippen molar-refractivity contribution in [2.45, 2.75) is 6.42 Å². The molecule has 0 aliphatic rings. The summed E-state index contributed by atoms with van der Waals surface area (Å²) >= 11 is 5.82. The predicted octanol–water partition coefficient (Wildman–Crippen LogP) is 1.40. The number of benzene rings is 1. The van der Waals surface area contributed by atoms with Crippen molar-refractivity contribution in [1.29, 1.82) is 0 Å². The molecule has 0 bridgehead atoms. The standard InChI is InChI=1S/C10H13ClN2O4S/c1-13(7-6-10(14)15)18(16,17)12-9-5-3-2-4-8(9)11/h2-5,12H,6-7H2,1H3,(H,14,15). The van der Waals surface area contributed by atoms with E-state index < -0.39 is 16.2 Å². The lowest BCUT2D eigenvalue weighted by atomic mass is 10.3. The van der Waals surface area contributed by atoms with Crippen molar-refractivity contribution in [3.63, 3.8) is 0 Å². The van der Waals surface area contributed by atoms with E-state index in [0.29, 0.717) is 0 Å². The molecule has 0 saturated carbocycles. The minimum absolute atomic E-state index is 0.116. The first-order valence-electron chi connectivity index (χ1n) is 5.03. The molecule has 0 amide bonds. The molecule has 0 aliphatic heterocycles. The summed E-state index contributed by atoms with van der Waals surface area (Å²) in [6.45, 7) is -0.116. The Morgan fingerprint density at radius 1 is 1.44 bits per heavy atom. The monoisotopic (exact) mass is 292 g/mol. The lowest BCUT2D eigenvalue weighted by Gasteiger charge is -2.17. The molecule has 0 unspecified atom stereocenters. The Bertz CT molecular complexity index is 532. The summed E-state index contributed by atoms with van der Waals surface area (Å²) < 4.78 is 26.9. The van der Waals surface area contributed by atoms with E-state index in [4.69, 9.17) is 16.7 Å². The Hall–Kier alpha value is -1.31. The van der Waals surface area contributed by atoms with Gasteiger partial charge in [-0.05, 0) is 12.1 Å². The van der Waals surface area contributed by atoms with E-state index in [-0.39, 0.29) is 23.7 Å². The first-order chi connectivity index (χ1) is 8.33.